The molecule has 1 aliphatic rings. The molecule has 14 heteroatoms. The fourth-order valence-electron chi connectivity index (χ4n) is 4.78. The zero-order valence-corrected chi connectivity index (χ0v) is 21.8. The Balaban J connectivity index is 2.07. The average Bonchev–Trinajstić information content (AvgIpc) is 3.43. The number of aromatic nitrogens is 1. The first kappa shape index (κ1) is 30.4. The topological polar surface area (TPSA) is 45.7 Å². The highest BCUT2D eigenvalue weighted by molar-refractivity contribution is 6.30. The maximum Gasteiger partial charge on any atom is 0.489 e. The van der Waals surface area contributed by atoms with E-state index in [9.17, 15) is 26.7 Å². The molecule has 41 heavy (non-hydrogen) atoms. The lowest BCUT2D eigenvalue weighted by Gasteiger charge is -2.46. The van der Waals surface area contributed by atoms with Crippen molar-refractivity contribution in [3.63, 3.8) is 0 Å². The lowest BCUT2D eigenvalue weighted by atomic mass is 9.78. The van der Waals surface area contributed by atoms with Crippen molar-refractivity contribution in [1.82, 2.24) is 14.8 Å². The molecule has 1 saturated heterocycles. The van der Waals surface area contributed by atoms with Crippen molar-refractivity contribution in [3.8, 4) is 5.75 Å². The molecule has 0 unspecified atom stereocenters. The Labute approximate surface area is 234 Å². The summed E-state index contributed by atoms with van der Waals surface area (Å²) in [4.78, 5) is 18.2. The second-order valence-electron chi connectivity index (χ2n) is 9.30. The Kier molecular flexibility index (Phi) is 8.67. The maximum absolute atomic E-state index is 15.1. The van der Waals surface area contributed by atoms with E-state index in [1.54, 1.807) is 6.07 Å². The van der Waals surface area contributed by atoms with Gasteiger partial charge in [0.05, 0.1) is 10.7 Å². The van der Waals surface area contributed by atoms with Gasteiger partial charge in [-0.2, -0.15) is 17.6 Å². The normalized spacial score (nSPS) is 15.6. The van der Waals surface area contributed by atoms with Crippen LogP contribution in [0.15, 0.2) is 66.9 Å². The predicted molar refractivity (Wildman–Crippen MR) is 132 cm³/mol. The summed E-state index contributed by atoms with van der Waals surface area (Å²) in [5, 5.41) is 0.0200. The Morgan fingerprint density at radius 2 is 1.66 bits per heavy atom. The first-order valence-corrected chi connectivity index (χ1v) is 12.6. The fraction of sp³-hybridized carbons (Fsp3) is 0.333. The number of benzene rings is 2. The molecule has 0 radical (unpaired) electrons. The summed E-state index contributed by atoms with van der Waals surface area (Å²) < 4.78 is 118. The van der Waals surface area contributed by atoms with Crippen molar-refractivity contribution in [1.29, 1.82) is 0 Å². The summed E-state index contributed by atoms with van der Waals surface area (Å²) in [6.07, 6.45) is -13.7. The highest BCUT2D eigenvalue weighted by Crippen LogP contribution is 2.46. The monoisotopic (exact) mass is 607 g/mol. The van der Waals surface area contributed by atoms with Crippen LogP contribution < -0.4 is 4.74 Å². The second kappa shape index (κ2) is 11.7. The van der Waals surface area contributed by atoms with Crippen LogP contribution in [0.2, 0.25) is 5.02 Å². The summed E-state index contributed by atoms with van der Waals surface area (Å²) in [7, 11) is 0. The number of hydrogen-bond donors (Lipinski definition) is 0. The minimum atomic E-state index is -5.43. The number of halogens is 9. The molecule has 3 aromatic rings. The van der Waals surface area contributed by atoms with E-state index in [0.717, 1.165) is 17.2 Å². The number of urea groups is 1. The number of rotatable bonds is 8. The van der Waals surface area contributed by atoms with Crippen LogP contribution in [0, 0.1) is 5.82 Å². The summed E-state index contributed by atoms with van der Waals surface area (Å²) in [5.74, 6) is -2.57. The Morgan fingerprint density at radius 1 is 1.00 bits per heavy atom. The standard InChI is InChI=1S/C27H22ClF8N3O2/c28-19-8-9-22(37-16-19)25(15-17-6-2-1-3-7-17,39(27(34,35)36)24(40)38-10-4-5-11-38)18-12-20(29)14-21(13-18)41-26(32,33)23(30)31/h1-3,6-9,12-14,16,23H,4-5,10-11,15H2/t25-/m0/s1. The van der Waals surface area contributed by atoms with Crippen LogP contribution >= 0.6 is 11.6 Å². The molecular formula is C27H22ClF8N3O2. The van der Waals surface area contributed by atoms with Crippen molar-refractivity contribution >= 4 is 17.6 Å². The number of nitrogens with zero attached hydrogens (tertiary/aromatic N) is 3. The Morgan fingerprint density at radius 3 is 2.22 bits per heavy atom. The third-order valence-electron chi connectivity index (χ3n) is 6.51. The van der Waals surface area contributed by atoms with E-state index >= 15 is 13.2 Å². The molecule has 0 N–H and O–H groups in total. The van der Waals surface area contributed by atoms with Crippen molar-refractivity contribution < 1.29 is 44.7 Å². The van der Waals surface area contributed by atoms with Crippen molar-refractivity contribution in [3.05, 3.63) is 94.5 Å². The van der Waals surface area contributed by atoms with Crippen molar-refractivity contribution in [2.75, 3.05) is 13.1 Å². The third-order valence-corrected chi connectivity index (χ3v) is 6.74. The highest BCUT2D eigenvalue weighted by Gasteiger charge is 2.58. The first-order chi connectivity index (χ1) is 19.2. The van der Waals surface area contributed by atoms with E-state index in [1.165, 1.54) is 30.3 Å². The summed E-state index contributed by atoms with van der Waals surface area (Å²) >= 11 is 5.95. The number of alkyl halides is 7. The number of carbonyl (C=O) groups excluding carboxylic acids is 1. The lowest BCUT2D eigenvalue weighted by molar-refractivity contribution is -0.255. The first-order valence-electron chi connectivity index (χ1n) is 12.2. The smallest absolute Gasteiger partial charge is 0.428 e. The molecule has 2 aromatic carbocycles. The van der Waals surface area contributed by atoms with Gasteiger partial charge in [0.2, 0.25) is 0 Å². The van der Waals surface area contributed by atoms with Crippen LogP contribution in [0.1, 0.15) is 29.7 Å². The van der Waals surface area contributed by atoms with Crippen molar-refractivity contribution in [2.45, 2.75) is 43.6 Å². The molecule has 1 aliphatic heterocycles. The van der Waals surface area contributed by atoms with E-state index < -0.39 is 64.5 Å². The zero-order chi connectivity index (χ0) is 30.0. The molecule has 0 bridgehead atoms. The molecule has 0 spiro atoms. The number of amides is 2. The largest absolute Gasteiger partial charge is 0.489 e. The molecule has 4 rings (SSSR count). The number of pyridine rings is 1. The van der Waals surface area contributed by atoms with Crippen LogP contribution in [0.5, 0.6) is 5.75 Å². The maximum atomic E-state index is 15.1. The van der Waals surface area contributed by atoms with Crippen LogP contribution in [-0.4, -0.2) is 52.7 Å². The third kappa shape index (κ3) is 6.50. The van der Waals surface area contributed by atoms with Gasteiger partial charge in [0.25, 0.3) is 0 Å². The summed E-state index contributed by atoms with van der Waals surface area (Å²) in [5.41, 5.74) is -3.68. The average molecular weight is 608 g/mol. The van der Waals surface area contributed by atoms with Crippen LogP contribution in [0.4, 0.5) is 39.9 Å². The minimum Gasteiger partial charge on any atom is -0.428 e. The van der Waals surface area contributed by atoms with E-state index in [2.05, 4.69) is 9.72 Å². The van der Waals surface area contributed by atoms with Gasteiger partial charge in [-0.1, -0.05) is 41.9 Å². The molecule has 1 atom stereocenters. The molecule has 220 valence electrons. The van der Waals surface area contributed by atoms with Gasteiger partial charge < -0.3 is 9.64 Å². The molecule has 0 saturated carbocycles. The van der Waals surface area contributed by atoms with Gasteiger partial charge in [0, 0.05) is 31.8 Å². The van der Waals surface area contributed by atoms with Gasteiger partial charge in [-0.25, -0.2) is 14.1 Å². The predicted octanol–water partition coefficient (Wildman–Crippen LogP) is 7.63. The Hall–Kier alpha value is -3.61. The quantitative estimate of drug-likeness (QED) is 0.195. The number of carbonyl (C=O) groups is 1. The van der Waals surface area contributed by atoms with Gasteiger partial charge in [0.15, 0.2) is 0 Å². The van der Waals surface area contributed by atoms with Crippen molar-refractivity contribution in [2.24, 2.45) is 0 Å². The van der Waals surface area contributed by atoms with Gasteiger partial charge in [0.1, 0.15) is 17.1 Å². The summed E-state index contributed by atoms with van der Waals surface area (Å²) in [6, 6.07) is 9.76. The zero-order valence-electron chi connectivity index (χ0n) is 21.0. The highest BCUT2D eigenvalue weighted by atomic mass is 35.5. The van der Waals surface area contributed by atoms with Crippen LogP contribution in [0.3, 0.4) is 0 Å². The van der Waals surface area contributed by atoms with E-state index in [4.69, 9.17) is 11.6 Å². The molecule has 1 fully saturated rings. The van der Waals surface area contributed by atoms with E-state index in [0.29, 0.717) is 31.0 Å². The Bertz CT molecular complexity index is 1350. The van der Waals surface area contributed by atoms with E-state index in [-0.39, 0.29) is 23.7 Å². The van der Waals surface area contributed by atoms with Gasteiger partial charge in [-0.3, -0.25) is 4.98 Å². The fourth-order valence-corrected chi connectivity index (χ4v) is 4.89. The van der Waals surface area contributed by atoms with Gasteiger partial charge in [-0.05, 0) is 48.2 Å². The molecule has 2 amide bonds. The number of ether oxygens (including phenoxy) is 1. The number of likely N-dealkylation sites (tertiary alicyclic amines) is 1. The van der Waals surface area contributed by atoms with Crippen LogP contribution in [-0.2, 0) is 12.0 Å². The van der Waals surface area contributed by atoms with Gasteiger partial charge in [-0.15, -0.1) is 13.2 Å². The lowest BCUT2D eigenvalue weighted by Crippen LogP contribution is -2.61. The minimum absolute atomic E-state index is 0.000993. The van der Waals surface area contributed by atoms with Crippen LogP contribution in [0.25, 0.3) is 0 Å². The van der Waals surface area contributed by atoms with E-state index in [1.807, 2.05) is 0 Å². The summed E-state index contributed by atoms with van der Waals surface area (Å²) in [6.45, 7) is -0.00199. The molecule has 2 heterocycles. The molecule has 5 nitrogen and oxygen atoms in total. The van der Waals surface area contributed by atoms with Gasteiger partial charge >= 0.3 is 24.9 Å². The second-order valence-corrected chi connectivity index (χ2v) is 9.74. The molecule has 1 aromatic heterocycles. The SMILES string of the molecule is O=C(N1CCCC1)N(C(F)(F)F)[C@@](Cc1ccccc1)(c1cc(F)cc(OC(F)(F)C(F)F)c1)c1ccc(Cl)cn1. The molecule has 0 aliphatic carbocycles. The number of hydrogen-bond acceptors (Lipinski definition) is 3. The molecular weight excluding hydrogens is 586 g/mol.